The Hall–Kier alpha value is -1.98. The molecule has 0 saturated carbocycles. The van der Waals surface area contributed by atoms with Crippen molar-refractivity contribution in [3.63, 3.8) is 0 Å². The lowest BCUT2D eigenvalue weighted by Crippen LogP contribution is -2.35. The van der Waals surface area contributed by atoms with Gasteiger partial charge in [0.1, 0.15) is 11.5 Å². The Morgan fingerprint density at radius 3 is 2.90 bits per heavy atom. The normalized spacial score (nSPS) is 12.0. The van der Waals surface area contributed by atoms with Gasteiger partial charge >= 0.3 is 0 Å². The zero-order chi connectivity index (χ0) is 15.2. The number of amides is 1. The van der Waals surface area contributed by atoms with Crippen LogP contribution >= 0.6 is 11.6 Å². The number of ether oxygens (including phenoxy) is 1. The van der Waals surface area contributed by atoms with Crippen molar-refractivity contribution in [2.75, 3.05) is 0 Å². The molecule has 3 N–H and O–H groups in total. The number of hydrogen-bond donors (Lipinski definition) is 2. The maximum Gasteiger partial charge on any atom is 0.261 e. The molecule has 1 atom stereocenters. The van der Waals surface area contributed by atoms with E-state index in [-0.39, 0.29) is 5.91 Å². The maximum absolute atomic E-state index is 11.9. The molecule has 0 spiro atoms. The summed E-state index contributed by atoms with van der Waals surface area (Å²) >= 11 is 6.09. The van der Waals surface area contributed by atoms with Gasteiger partial charge in [0.15, 0.2) is 6.10 Å². The maximum atomic E-state index is 11.9. The van der Waals surface area contributed by atoms with Crippen molar-refractivity contribution in [3.05, 3.63) is 52.9 Å². The summed E-state index contributed by atoms with van der Waals surface area (Å²) in [7, 11) is 0. The summed E-state index contributed by atoms with van der Waals surface area (Å²) in [4.78, 5) is 11.9. The predicted octanol–water partition coefficient (Wildman–Crippen LogP) is 2.48. The van der Waals surface area contributed by atoms with E-state index in [1.165, 1.54) is 0 Å². The van der Waals surface area contributed by atoms with E-state index in [9.17, 15) is 4.79 Å². The number of hydrogen-bond acceptors (Lipinski definition) is 4. The average Bonchev–Trinajstić information content (AvgIpc) is 3.00. The summed E-state index contributed by atoms with van der Waals surface area (Å²) in [5, 5.41) is 3.16. The Morgan fingerprint density at radius 1 is 1.48 bits per heavy atom. The number of carbonyl (C=O) groups excluding carboxylic acids is 1. The molecule has 1 aromatic heterocycles. The Morgan fingerprint density at radius 2 is 2.29 bits per heavy atom. The zero-order valence-corrected chi connectivity index (χ0v) is 12.4. The Bertz CT molecular complexity index is 599. The lowest BCUT2D eigenvalue weighted by Gasteiger charge is -2.15. The van der Waals surface area contributed by atoms with Crippen molar-refractivity contribution in [3.8, 4) is 5.75 Å². The minimum absolute atomic E-state index is 0.245. The molecule has 1 heterocycles. The molecule has 1 unspecified atom stereocenters. The molecule has 0 aliphatic carbocycles. The first kappa shape index (κ1) is 15.4. The molecular formula is C15H17ClN2O3. The molecule has 0 fully saturated rings. The van der Waals surface area contributed by atoms with Gasteiger partial charge in [-0.05, 0) is 36.8 Å². The van der Waals surface area contributed by atoms with E-state index < -0.39 is 6.10 Å². The van der Waals surface area contributed by atoms with Crippen LogP contribution in [0.5, 0.6) is 5.75 Å². The van der Waals surface area contributed by atoms with E-state index in [0.29, 0.717) is 29.6 Å². The lowest BCUT2D eigenvalue weighted by atomic mass is 10.2. The Labute approximate surface area is 128 Å². The van der Waals surface area contributed by atoms with Crippen molar-refractivity contribution >= 4 is 17.5 Å². The Kier molecular flexibility index (Phi) is 5.25. The third-order valence-electron chi connectivity index (χ3n) is 2.92. The summed E-state index contributed by atoms with van der Waals surface area (Å²) in [6.07, 6.45) is 0.890. The minimum atomic E-state index is -0.666. The molecule has 0 saturated heterocycles. The predicted molar refractivity (Wildman–Crippen MR) is 80.0 cm³/mol. The first-order valence-corrected chi connectivity index (χ1v) is 6.93. The molecule has 1 amide bonds. The topological polar surface area (TPSA) is 77.5 Å². The lowest BCUT2D eigenvalue weighted by molar-refractivity contribution is -0.127. The quantitative estimate of drug-likeness (QED) is 0.859. The van der Waals surface area contributed by atoms with Crippen LogP contribution in [0, 0.1) is 0 Å². The van der Waals surface area contributed by atoms with Gasteiger partial charge < -0.3 is 20.2 Å². The summed E-state index contributed by atoms with van der Waals surface area (Å²) in [6.45, 7) is 2.38. The minimum Gasteiger partial charge on any atom is -0.479 e. The first-order valence-electron chi connectivity index (χ1n) is 6.55. The van der Waals surface area contributed by atoms with Gasteiger partial charge in [0.05, 0.1) is 17.8 Å². The van der Waals surface area contributed by atoms with Crippen molar-refractivity contribution in [1.29, 1.82) is 0 Å². The highest BCUT2D eigenvalue weighted by Crippen LogP contribution is 2.26. The van der Waals surface area contributed by atoms with Gasteiger partial charge in [-0.25, -0.2) is 0 Å². The van der Waals surface area contributed by atoms with Gasteiger partial charge in [-0.15, -0.1) is 0 Å². The molecule has 21 heavy (non-hydrogen) atoms. The number of halogens is 1. The second-order valence-corrected chi connectivity index (χ2v) is 4.93. The SMILES string of the molecule is CC(Oc1ccc(CN)cc1Cl)C(=O)NCc1ccco1. The van der Waals surface area contributed by atoms with Crippen LogP contribution in [-0.2, 0) is 17.9 Å². The highest BCUT2D eigenvalue weighted by Gasteiger charge is 2.16. The fourth-order valence-corrected chi connectivity index (χ4v) is 1.99. The molecule has 2 aromatic rings. The average molecular weight is 309 g/mol. The van der Waals surface area contributed by atoms with Gasteiger partial charge in [0.25, 0.3) is 5.91 Å². The molecule has 0 radical (unpaired) electrons. The zero-order valence-electron chi connectivity index (χ0n) is 11.6. The molecule has 0 bridgehead atoms. The highest BCUT2D eigenvalue weighted by molar-refractivity contribution is 6.32. The Balaban J connectivity index is 1.91. The molecular weight excluding hydrogens is 292 g/mol. The first-order chi connectivity index (χ1) is 10.1. The molecule has 112 valence electrons. The van der Waals surface area contributed by atoms with Crippen molar-refractivity contribution in [2.45, 2.75) is 26.1 Å². The fourth-order valence-electron chi connectivity index (χ4n) is 1.74. The highest BCUT2D eigenvalue weighted by atomic mass is 35.5. The molecule has 2 rings (SSSR count). The summed E-state index contributed by atoms with van der Waals surface area (Å²) in [5.74, 6) is 0.890. The van der Waals surface area contributed by atoms with E-state index in [1.807, 2.05) is 6.07 Å². The number of rotatable bonds is 6. The number of benzene rings is 1. The molecule has 1 aromatic carbocycles. The summed E-state index contributed by atoms with van der Waals surface area (Å²) in [5.41, 5.74) is 6.44. The van der Waals surface area contributed by atoms with Crippen LogP contribution in [0.3, 0.4) is 0 Å². The molecule has 0 aliphatic rings. The standard InChI is InChI=1S/C15H17ClN2O3/c1-10(15(19)18-9-12-3-2-6-20-12)21-14-5-4-11(8-17)7-13(14)16/h2-7,10H,8-9,17H2,1H3,(H,18,19). The smallest absolute Gasteiger partial charge is 0.261 e. The van der Waals surface area contributed by atoms with E-state index in [0.717, 1.165) is 5.56 Å². The molecule has 6 heteroatoms. The molecule has 0 aliphatic heterocycles. The molecule has 5 nitrogen and oxygen atoms in total. The fraction of sp³-hybridized carbons (Fsp3) is 0.267. The third-order valence-corrected chi connectivity index (χ3v) is 3.22. The van der Waals surface area contributed by atoms with Crippen LogP contribution in [0.2, 0.25) is 5.02 Å². The summed E-state index contributed by atoms with van der Waals surface area (Å²) in [6, 6.07) is 8.80. The number of furan rings is 1. The van der Waals surface area contributed by atoms with E-state index in [1.54, 1.807) is 37.5 Å². The van der Waals surface area contributed by atoms with Crippen LogP contribution in [0.1, 0.15) is 18.2 Å². The monoisotopic (exact) mass is 308 g/mol. The summed E-state index contributed by atoms with van der Waals surface area (Å²) < 4.78 is 10.7. The van der Waals surface area contributed by atoms with Crippen LogP contribution in [0.25, 0.3) is 0 Å². The van der Waals surface area contributed by atoms with Gasteiger partial charge in [0, 0.05) is 6.54 Å². The van der Waals surface area contributed by atoms with Crippen molar-refractivity contribution in [1.82, 2.24) is 5.32 Å². The van der Waals surface area contributed by atoms with E-state index >= 15 is 0 Å². The van der Waals surface area contributed by atoms with E-state index in [4.69, 9.17) is 26.5 Å². The van der Waals surface area contributed by atoms with Gasteiger partial charge in [-0.3, -0.25) is 4.79 Å². The largest absolute Gasteiger partial charge is 0.479 e. The van der Waals surface area contributed by atoms with Crippen LogP contribution in [-0.4, -0.2) is 12.0 Å². The third kappa shape index (κ3) is 4.24. The van der Waals surface area contributed by atoms with Crippen LogP contribution in [0.15, 0.2) is 41.0 Å². The number of nitrogens with one attached hydrogen (secondary N) is 1. The van der Waals surface area contributed by atoms with Crippen molar-refractivity contribution < 1.29 is 13.9 Å². The number of nitrogens with two attached hydrogens (primary N) is 1. The van der Waals surface area contributed by atoms with Crippen LogP contribution in [0.4, 0.5) is 0 Å². The van der Waals surface area contributed by atoms with Crippen LogP contribution < -0.4 is 15.8 Å². The second kappa shape index (κ2) is 7.15. The van der Waals surface area contributed by atoms with Gasteiger partial charge in [-0.2, -0.15) is 0 Å². The van der Waals surface area contributed by atoms with E-state index in [2.05, 4.69) is 5.32 Å². The number of carbonyl (C=O) groups is 1. The van der Waals surface area contributed by atoms with Gasteiger partial charge in [0.2, 0.25) is 0 Å². The van der Waals surface area contributed by atoms with Crippen molar-refractivity contribution in [2.24, 2.45) is 5.73 Å². The van der Waals surface area contributed by atoms with Gasteiger partial charge in [-0.1, -0.05) is 17.7 Å². The second-order valence-electron chi connectivity index (χ2n) is 4.53.